The van der Waals surface area contributed by atoms with E-state index in [1.165, 1.54) is 0 Å². The molecule has 1 fully saturated rings. The summed E-state index contributed by atoms with van der Waals surface area (Å²) < 4.78 is 28.4. The van der Waals surface area contributed by atoms with Gasteiger partial charge in [-0.2, -0.15) is 8.78 Å². The number of alkyl halides is 2. The van der Waals surface area contributed by atoms with Crippen molar-refractivity contribution in [1.82, 2.24) is 4.90 Å². The number of hydrogen-bond acceptors (Lipinski definition) is 2. The molecule has 1 aliphatic heterocycles. The molecule has 0 unspecified atom stereocenters. The van der Waals surface area contributed by atoms with Crippen molar-refractivity contribution in [1.29, 1.82) is 0 Å². The fourth-order valence-corrected chi connectivity index (χ4v) is 1.83. The zero-order chi connectivity index (χ0) is 9.84. The molecular weight excluding hydrogens is 176 g/mol. The molecule has 4 heteroatoms. The van der Waals surface area contributed by atoms with Gasteiger partial charge in [0.2, 0.25) is 0 Å². The van der Waals surface area contributed by atoms with Gasteiger partial charge in [-0.3, -0.25) is 0 Å². The fraction of sp³-hybridized carbons (Fsp3) is 1.00. The monoisotopic (exact) mass is 193 g/mol. The minimum Gasteiger partial charge on any atom is -0.319 e. The second-order valence-corrected chi connectivity index (χ2v) is 3.59. The van der Waals surface area contributed by atoms with Gasteiger partial charge in [0, 0.05) is 13.1 Å². The maximum absolute atomic E-state index is 11.9. The second kappa shape index (κ2) is 4.86. The largest absolute Gasteiger partial charge is 0.345 e. The van der Waals surface area contributed by atoms with Crippen molar-refractivity contribution >= 4 is 0 Å². The third-order valence-corrected chi connectivity index (χ3v) is 2.64. The molecular formula is C9H17F2NO. The second-order valence-electron chi connectivity index (χ2n) is 3.59. The Kier molecular flexibility index (Phi) is 4.06. The topological polar surface area (TPSA) is 12.5 Å². The van der Waals surface area contributed by atoms with Crippen LogP contribution >= 0.6 is 0 Å². The number of piperidine rings is 1. The molecule has 0 aromatic heterocycles. The Morgan fingerprint density at radius 2 is 2.23 bits per heavy atom. The smallest absolute Gasteiger partial charge is 0.319 e. The molecule has 0 spiro atoms. The molecule has 0 saturated carbocycles. The first-order valence-corrected chi connectivity index (χ1v) is 4.79. The van der Waals surface area contributed by atoms with Crippen molar-refractivity contribution in [2.45, 2.75) is 33.0 Å². The number of likely N-dealkylation sites (tertiary alicyclic amines) is 1. The molecule has 0 amide bonds. The summed E-state index contributed by atoms with van der Waals surface area (Å²) in [6.45, 7) is 4.16. The minimum atomic E-state index is -2.62. The summed E-state index contributed by atoms with van der Waals surface area (Å²) in [5.41, 5.74) is 0. The Hall–Kier alpha value is -0.220. The summed E-state index contributed by atoms with van der Waals surface area (Å²) >= 11 is 0. The zero-order valence-electron chi connectivity index (χ0n) is 8.17. The Balaban J connectivity index is 2.35. The first-order valence-electron chi connectivity index (χ1n) is 4.79. The summed E-state index contributed by atoms with van der Waals surface area (Å²) in [5, 5.41) is 0. The van der Waals surface area contributed by atoms with Crippen LogP contribution in [0, 0.1) is 5.92 Å². The Morgan fingerprint density at radius 3 is 2.69 bits per heavy atom. The summed E-state index contributed by atoms with van der Waals surface area (Å²) in [5.74, 6) is 0.211. The van der Waals surface area contributed by atoms with Crippen LogP contribution in [0.1, 0.15) is 20.3 Å². The molecule has 0 aromatic rings. The molecule has 1 rings (SSSR count). The number of rotatable bonds is 3. The molecule has 1 saturated heterocycles. The van der Waals surface area contributed by atoms with Gasteiger partial charge >= 0.3 is 6.61 Å². The van der Waals surface area contributed by atoms with Crippen molar-refractivity contribution in [3.63, 3.8) is 0 Å². The average molecular weight is 193 g/mol. The van der Waals surface area contributed by atoms with Gasteiger partial charge in [0.15, 0.2) is 0 Å². The quantitative estimate of drug-likeness (QED) is 0.679. The molecule has 0 aromatic carbocycles. The standard InChI is InChI=1S/C9H17F2NO/c1-3-12-5-4-8(7(2)6-12)13-9(10)11/h7-9H,3-6H2,1-2H3/t7-,8+/m0/s1. The van der Waals surface area contributed by atoms with Crippen LogP contribution in [0.3, 0.4) is 0 Å². The normalized spacial score (nSPS) is 31.2. The van der Waals surface area contributed by atoms with E-state index in [9.17, 15) is 8.78 Å². The third kappa shape index (κ3) is 3.19. The average Bonchev–Trinajstić information content (AvgIpc) is 2.08. The van der Waals surface area contributed by atoms with E-state index in [2.05, 4.69) is 16.6 Å². The van der Waals surface area contributed by atoms with Crippen molar-refractivity contribution in [3.05, 3.63) is 0 Å². The van der Waals surface area contributed by atoms with Gasteiger partial charge in [-0.05, 0) is 18.9 Å². The van der Waals surface area contributed by atoms with E-state index in [0.29, 0.717) is 0 Å². The predicted octanol–water partition coefficient (Wildman–Crippen LogP) is 1.96. The van der Waals surface area contributed by atoms with E-state index >= 15 is 0 Å². The lowest BCUT2D eigenvalue weighted by molar-refractivity contribution is -0.185. The van der Waals surface area contributed by atoms with Crippen LogP contribution in [0.25, 0.3) is 0 Å². The molecule has 1 heterocycles. The minimum absolute atomic E-state index is 0.211. The molecule has 0 bridgehead atoms. The van der Waals surface area contributed by atoms with E-state index < -0.39 is 6.61 Å². The molecule has 2 nitrogen and oxygen atoms in total. The highest BCUT2D eigenvalue weighted by atomic mass is 19.3. The Morgan fingerprint density at radius 1 is 1.54 bits per heavy atom. The van der Waals surface area contributed by atoms with Gasteiger partial charge in [-0.15, -0.1) is 0 Å². The highest BCUT2D eigenvalue weighted by molar-refractivity contribution is 4.77. The van der Waals surface area contributed by atoms with Crippen LogP contribution in [0.5, 0.6) is 0 Å². The van der Waals surface area contributed by atoms with Crippen LogP contribution < -0.4 is 0 Å². The number of ether oxygens (including phenoxy) is 1. The van der Waals surface area contributed by atoms with Crippen LogP contribution in [-0.2, 0) is 4.74 Å². The van der Waals surface area contributed by atoms with Gasteiger partial charge < -0.3 is 9.64 Å². The van der Waals surface area contributed by atoms with Crippen LogP contribution in [0.4, 0.5) is 8.78 Å². The van der Waals surface area contributed by atoms with Crippen molar-refractivity contribution < 1.29 is 13.5 Å². The lowest BCUT2D eigenvalue weighted by atomic mass is 9.96. The predicted molar refractivity (Wildman–Crippen MR) is 46.8 cm³/mol. The molecule has 13 heavy (non-hydrogen) atoms. The van der Waals surface area contributed by atoms with Crippen LogP contribution in [0.15, 0.2) is 0 Å². The number of nitrogens with zero attached hydrogens (tertiary/aromatic N) is 1. The van der Waals surface area contributed by atoms with Crippen LogP contribution in [0.2, 0.25) is 0 Å². The zero-order valence-corrected chi connectivity index (χ0v) is 8.17. The maximum Gasteiger partial charge on any atom is 0.345 e. The summed E-state index contributed by atoms with van der Waals surface area (Å²) in [6.07, 6.45) is 0.460. The lowest BCUT2D eigenvalue weighted by Crippen LogP contribution is -2.43. The molecule has 2 atom stereocenters. The van der Waals surface area contributed by atoms with Gasteiger partial charge in [-0.25, -0.2) is 0 Å². The lowest BCUT2D eigenvalue weighted by Gasteiger charge is -2.35. The van der Waals surface area contributed by atoms with E-state index in [1.54, 1.807) is 0 Å². The van der Waals surface area contributed by atoms with E-state index in [0.717, 1.165) is 26.1 Å². The first kappa shape index (κ1) is 10.9. The fourth-order valence-electron chi connectivity index (χ4n) is 1.83. The van der Waals surface area contributed by atoms with Gasteiger partial charge in [0.1, 0.15) is 0 Å². The molecule has 1 aliphatic rings. The van der Waals surface area contributed by atoms with Gasteiger partial charge in [-0.1, -0.05) is 13.8 Å². The summed E-state index contributed by atoms with van der Waals surface area (Å²) in [4.78, 5) is 2.26. The first-order chi connectivity index (χ1) is 6.13. The number of halogens is 2. The van der Waals surface area contributed by atoms with Crippen LogP contribution in [-0.4, -0.2) is 37.2 Å². The summed E-state index contributed by atoms with van der Waals surface area (Å²) in [7, 11) is 0. The van der Waals surface area contributed by atoms with E-state index in [4.69, 9.17) is 0 Å². The van der Waals surface area contributed by atoms with E-state index in [1.807, 2.05) is 6.92 Å². The van der Waals surface area contributed by atoms with E-state index in [-0.39, 0.29) is 12.0 Å². The van der Waals surface area contributed by atoms with Crippen molar-refractivity contribution in [3.8, 4) is 0 Å². The SMILES string of the molecule is CCN1CC[C@@H](OC(F)F)[C@@H](C)C1. The molecule has 0 radical (unpaired) electrons. The van der Waals surface area contributed by atoms with Crippen molar-refractivity contribution in [2.24, 2.45) is 5.92 Å². The number of hydrogen-bond donors (Lipinski definition) is 0. The molecule has 78 valence electrons. The van der Waals surface area contributed by atoms with Gasteiger partial charge in [0.25, 0.3) is 0 Å². The highest BCUT2D eigenvalue weighted by Crippen LogP contribution is 2.21. The molecule has 0 aliphatic carbocycles. The van der Waals surface area contributed by atoms with Gasteiger partial charge in [0.05, 0.1) is 6.10 Å². The maximum atomic E-state index is 11.9. The summed E-state index contributed by atoms with van der Waals surface area (Å²) in [6, 6.07) is 0. The Bertz CT molecular complexity index is 155. The highest BCUT2D eigenvalue weighted by Gasteiger charge is 2.27. The Labute approximate surface area is 77.9 Å². The molecule has 0 N–H and O–H groups in total. The van der Waals surface area contributed by atoms with Crippen molar-refractivity contribution in [2.75, 3.05) is 19.6 Å². The third-order valence-electron chi connectivity index (χ3n) is 2.64.